The summed E-state index contributed by atoms with van der Waals surface area (Å²) in [5.74, 6) is 0.674. The lowest BCUT2D eigenvalue weighted by Gasteiger charge is -2.10. The first-order valence-electron chi connectivity index (χ1n) is 17.2. The van der Waals surface area contributed by atoms with Gasteiger partial charge in [-0.25, -0.2) is 9.97 Å². The molecule has 4 heteroatoms. The van der Waals surface area contributed by atoms with Crippen LogP contribution in [0.1, 0.15) is 18.2 Å². The fourth-order valence-corrected chi connectivity index (χ4v) is 7.24. The van der Waals surface area contributed by atoms with Gasteiger partial charge in [0.15, 0.2) is 5.82 Å². The van der Waals surface area contributed by atoms with Gasteiger partial charge < -0.3 is 8.98 Å². The maximum atomic E-state index is 6.68. The SMILES string of the molecule is C=Cc1c(/C=C\C)n(-c2ccccc2)c2cccc(-c3ccc4oc5c(-c6cc(-c7ccccc7)nc(-c7ccccc7)n6)cccc5c4c3)c12. The Morgan fingerprint density at radius 3 is 2.04 bits per heavy atom. The maximum Gasteiger partial charge on any atom is 0.160 e. The van der Waals surface area contributed by atoms with Gasteiger partial charge in [0.05, 0.1) is 22.6 Å². The molecule has 6 aromatic carbocycles. The monoisotopic (exact) mass is 655 g/mol. The van der Waals surface area contributed by atoms with Crippen LogP contribution >= 0.6 is 0 Å². The first-order chi connectivity index (χ1) is 25.2. The number of para-hydroxylation sites is 2. The molecule has 9 aromatic rings. The Bertz CT molecular complexity index is 2700. The minimum atomic E-state index is 0.674. The van der Waals surface area contributed by atoms with E-state index in [1.165, 1.54) is 5.39 Å². The number of rotatable bonds is 7. The van der Waals surface area contributed by atoms with Crippen molar-refractivity contribution in [3.8, 4) is 50.7 Å². The van der Waals surface area contributed by atoms with Crippen LogP contribution in [0.3, 0.4) is 0 Å². The summed E-state index contributed by atoms with van der Waals surface area (Å²) in [7, 11) is 0. The third-order valence-corrected chi connectivity index (χ3v) is 9.52. The summed E-state index contributed by atoms with van der Waals surface area (Å²) in [6.07, 6.45) is 6.24. The first-order valence-corrected chi connectivity index (χ1v) is 17.2. The molecule has 0 amide bonds. The molecule has 0 saturated heterocycles. The third kappa shape index (κ3) is 5.17. The fourth-order valence-electron chi connectivity index (χ4n) is 7.24. The molecule has 4 nitrogen and oxygen atoms in total. The van der Waals surface area contributed by atoms with Gasteiger partial charge in [-0.2, -0.15) is 0 Å². The van der Waals surface area contributed by atoms with Crippen LogP contribution in [0, 0.1) is 0 Å². The van der Waals surface area contributed by atoms with E-state index < -0.39 is 0 Å². The van der Waals surface area contributed by atoms with E-state index in [2.05, 4.69) is 133 Å². The molecular weight excluding hydrogens is 623 g/mol. The zero-order valence-corrected chi connectivity index (χ0v) is 28.1. The highest BCUT2D eigenvalue weighted by molar-refractivity contribution is 6.12. The van der Waals surface area contributed by atoms with Crippen molar-refractivity contribution < 1.29 is 4.42 Å². The third-order valence-electron chi connectivity index (χ3n) is 9.52. The van der Waals surface area contributed by atoms with Gasteiger partial charge in [0.2, 0.25) is 0 Å². The van der Waals surface area contributed by atoms with E-state index >= 15 is 0 Å². The Balaban J connectivity index is 1.24. The van der Waals surface area contributed by atoms with Crippen molar-refractivity contribution in [3.63, 3.8) is 0 Å². The smallest absolute Gasteiger partial charge is 0.160 e. The number of aromatic nitrogens is 3. The summed E-state index contributed by atoms with van der Waals surface area (Å²) in [4.78, 5) is 10.1. The maximum absolute atomic E-state index is 6.68. The van der Waals surface area contributed by atoms with Crippen LogP contribution in [-0.2, 0) is 0 Å². The van der Waals surface area contributed by atoms with E-state index in [1.807, 2.05) is 54.6 Å². The molecule has 0 aliphatic rings. The van der Waals surface area contributed by atoms with Crippen molar-refractivity contribution in [2.24, 2.45) is 0 Å². The normalized spacial score (nSPS) is 11.6. The molecule has 51 heavy (non-hydrogen) atoms. The van der Waals surface area contributed by atoms with Crippen LogP contribution in [-0.4, -0.2) is 14.5 Å². The Hall–Kier alpha value is -6.78. The summed E-state index contributed by atoms with van der Waals surface area (Å²) >= 11 is 0. The van der Waals surface area contributed by atoms with E-state index in [9.17, 15) is 0 Å². The summed E-state index contributed by atoms with van der Waals surface area (Å²) in [5.41, 5.74) is 12.9. The molecule has 0 spiro atoms. The minimum Gasteiger partial charge on any atom is -0.455 e. The quantitative estimate of drug-likeness (QED) is 0.172. The molecule has 0 aliphatic heterocycles. The van der Waals surface area contributed by atoms with Gasteiger partial charge in [0, 0.05) is 44.1 Å². The Morgan fingerprint density at radius 1 is 0.608 bits per heavy atom. The molecule has 0 bridgehead atoms. The molecule has 242 valence electrons. The second-order valence-electron chi connectivity index (χ2n) is 12.6. The summed E-state index contributed by atoms with van der Waals surface area (Å²) in [6, 6.07) is 52.3. The fraction of sp³-hybridized carbons (Fsp3) is 0.0213. The second kappa shape index (κ2) is 12.6. The van der Waals surface area contributed by atoms with Gasteiger partial charge in [-0.1, -0.05) is 128 Å². The summed E-state index contributed by atoms with van der Waals surface area (Å²) in [5, 5.41) is 3.26. The highest BCUT2D eigenvalue weighted by Crippen LogP contribution is 2.42. The molecule has 3 aromatic heterocycles. The Kier molecular flexibility index (Phi) is 7.48. The van der Waals surface area contributed by atoms with Crippen LogP contribution in [0.25, 0.3) is 95.7 Å². The summed E-state index contributed by atoms with van der Waals surface area (Å²) in [6.45, 7) is 6.32. The summed E-state index contributed by atoms with van der Waals surface area (Å²) < 4.78 is 9.00. The highest BCUT2D eigenvalue weighted by Gasteiger charge is 2.20. The number of nitrogens with zero attached hydrogens (tertiary/aromatic N) is 3. The van der Waals surface area contributed by atoms with Crippen molar-refractivity contribution in [3.05, 3.63) is 176 Å². The topological polar surface area (TPSA) is 43.9 Å². The number of hydrogen-bond donors (Lipinski definition) is 0. The largest absolute Gasteiger partial charge is 0.455 e. The van der Waals surface area contributed by atoms with E-state index in [0.29, 0.717) is 5.82 Å². The molecule has 0 radical (unpaired) electrons. The molecule has 0 saturated carbocycles. The zero-order valence-electron chi connectivity index (χ0n) is 28.1. The minimum absolute atomic E-state index is 0.674. The Labute approximate surface area is 296 Å². The lowest BCUT2D eigenvalue weighted by Crippen LogP contribution is -1.96. The zero-order chi connectivity index (χ0) is 34.3. The average Bonchev–Trinajstić information content (AvgIpc) is 3.73. The molecule has 0 unspecified atom stereocenters. The molecule has 0 atom stereocenters. The average molecular weight is 656 g/mol. The molecule has 0 fully saturated rings. The highest BCUT2D eigenvalue weighted by atomic mass is 16.3. The predicted octanol–water partition coefficient (Wildman–Crippen LogP) is 12.7. The van der Waals surface area contributed by atoms with Crippen LogP contribution in [0.5, 0.6) is 0 Å². The molecule has 0 N–H and O–H groups in total. The van der Waals surface area contributed by atoms with Gasteiger partial charge in [-0.15, -0.1) is 0 Å². The molecule has 3 heterocycles. The van der Waals surface area contributed by atoms with Gasteiger partial charge >= 0.3 is 0 Å². The number of fused-ring (bicyclic) bond motifs is 4. The van der Waals surface area contributed by atoms with Gasteiger partial charge in [-0.3, -0.25) is 0 Å². The lowest BCUT2D eigenvalue weighted by molar-refractivity contribution is 0.670. The van der Waals surface area contributed by atoms with E-state index in [-0.39, 0.29) is 0 Å². The van der Waals surface area contributed by atoms with Crippen LogP contribution in [0.2, 0.25) is 0 Å². The van der Waals surface area contributed by atoms with Gasteiger partial charge in [0.25, 0.3) is 0 Å². The van der Waals surface area contributed by atoms with Crippen molar-refractivity contribution in [1.29, 1.82) is 0 Å². The molecular formula is C47H33N3O. The number of furan rings is 1. The van der Waals surface area contributed by atoms with Crippen molar-refractivity contribution in [2.45, 2.75) is 6.92 Å². The first kappa shape index (κ1) is 30.3. The predicted molar refractivity (Wildman–Crippen MR) is 213 cm³/mol. The lowest BCUT2D eigenvalue weighted by atomic mass is 9.96. The van der Waals surface area contributed by atoms with Crippen LogP contribution in [0.4, 0.5) is 0 Å². The van der Waals surface area contributed by atoms with E-state index in [0.717, 1.165) is 83.6 Å². The van der Waals surface area contributed by atoms with Crippen molar-refractivity contribution in [1.82, 2.24) is 14.5 Å². The number of allylic oxidation sites excluding steroid dienone is 1. The standard InChI is InChI=1S/C47H33N3O/c1-3-16-42-35(4-2)45-36(23-15-26-43(45)50(42)34-21-12-7-13-22-34)33-27-28-44-39(29-33)37-24-14-25-38(46(37)51-44)41-30-40(31-17-8-5-9-18-31)48-47(49-41)32-19-10-6-11-20-32/h3-30H,2H2,1H3/b16-3-. The van der Waals surface area contributed by atoms with Gasteiger partial charge in [0.1, 0.15) is 11.2 Å². The molecule has 0 aliphatic carbocycles. The van der Waals surface area contributed by atoms with Crippen molar-refractivity contribution >= 4 is 45.0 Å². The van der Waals surface area contributed by atoms with E-state index in [4.69, 9.17) is 14.4 Å². The van der Waals surface area contributed by atoms with E-state index in [1.54, 1.807) is 0 Å². The number of benzene rings is 6. The van der Waals surface area contributed by atoms with Crippen molar-refractivity contribution in [2.75, 3.05) is 0 Å². The second-order valence-corrected chi connectivity index (χ2v) is 12.6. The van der Waals surface area contributed by atoms with Gasteiger partial charge in [-0.05, 0) is 66.6 Å². The molecule has 9 rings (SSSR count). The van der Waals surface area contributed by atoms with Crippen LogP contribution in [0.15, 0.2) is 169 Å². The number of hydrogen-bond acceptors (Lipinski definition) is 3. The van der Waals surface area contributed by atoms with Crippen LogP contribution < -0.4 is 0 Å². The Morgan fingerprint density at radius 2 is 1.29 bits per heavy atom.